The van der Waals surface area contributed by atoms with Crippen LogP contribution in [0.3, 0.4) is 0 Å². The quantitative estimate of drug-likeness (QED) is 0.116. The normalized spacial score (nSPS) is 10.7. The Labute approximate surface area is 357 Å². The van der Waals surface area contributed by atoms with Crippen LogP contribution in [0.5, 0.6) is 0 Å². The molecule has 3 rings (SSSR count). The molecular formula is C44H59N7O10. The van der Waals surface area contributed by atoms with E-state index in [1.165, 1.54) is 57.7 Å². The molecule has 17 nitrogen and oxygen atoms in total. The number of primary amides is 1. The predicted molar refractivity (Wildman–Crippen MR) is 226 cm³/mol. The minimum absolute atomic E-state index is 0.000439. The number of rotatable bonds is 27. The maximum absolute atomic E-state index is 14.3. The van der Waals surface area contributed by atoms with Gasteiger partial charge < -0.3 is 49.3 Å². The molecule has 61 heavy (non-hydrogen) atoms. The van der Waals surface area contributed by atoms with E-state index in [1.807, 2.05) is 30.3 Å². The molecular weight excluding hydrogens is 787 g/mol. The van der Waals surface area contributed by atoms with Gasteiger partial charge in [0.1, 0.15) is 13.1 Å². The van der Waals surface area contributed by atoms with Crippen LogP contribution in [0.2, 0.25) is 0 Å². The summed E-state index contributed by atoms with van der Waals surface area (Å²) in [5.74, 6) is -3.80. The first kappa shape index (κ1) is 49.2. The molecule has 3 aromatic rings. The van der Waals surface area contributed by atoms with Crippen LogP contribution in [0, 0.1) is 0 Å². The highest BCUT2D eigenvalue weighted by Crippen LogP contribution is 2.12. The number of carbonyl (C=O) groups is 7. The maximum atomic E-state index is 14.3. The second kappa shape index (κ2) is 26.8. The largest absolute Gasteiger partial charge is 0.383 e. The molecule has 0 atom stereocenters. The van der Waals surface area contributed by atoms with Gasteiger partial charge in [-0.15, -0.1) is 0 Å². The number of carbonyl (C=O) groups excluding carboxylic acids is 7. The Morgan fingerprint density at radius 3 is 0.967 bits per heavy atom. The summed E-state index contributed by atoms with van der Waals surface area (Å²) in [6.45, 7) is -0.461. The summed E-state index contributed by atoms with van der Waals surface area (Å²) in [5, 5.41) is 0. The van der Waals surface area contributed by atoms with Crippen molar-refractivity contribution in [2.24, 2.45) is 5.73 Å². The zero-order chi connectivity index (χ0) is 44.6. The van der Waals surface area contributed by atoms with Gasteiger partial charge in [0, 0.05) is 67.5 Å². The Morgan fingerprint density at radius 1 is 0.410 bits per heavy atom. The first-order valence-electron chi connectivity index (χ1n) is 19.9. The Bertz CT molecular complexity index is 1850. The van der Waals surface area contributed by atoms with E-state index in [2.05, 4.69) is 0 Å². The van der Waals surface area contributed by atoms with Crippen LogP contribution >= 0.6 is 0 Å². The van der Waals surface area contributed by atoms with Crippen molar-refractivity contribution in [3.63, 3.8) is 0 Å². The molecule has 0 radical (unpaired) electrons. The van der Waals surface area contributed by atoms with E-state index < -0.39 is 61.6 Å². The average molecular weight is 846 g/mol. The van der Waals surface area contributed by atoms with E-state index >= 15 is 0 Å². The summed E-state index contributed by atoms with van der Waals surface area (Å²) in [4.78, 5) is 102. The van der Waals surface area contributed by atoms with Crippen LogP contribution in [0.4, 0.5) is 0 Å². The third-order valence-electron chi connectivity index (χ3n) is 9.53. The van der Waals surface area contributed by atoms with Gasteiger partial charge in [-0.3, -0.25) is 33.6 Å². The monoisotopic (exact) mass is 845 g/mol. The lowest BCUT2D eigenvalue weighted by molar-refractivity contribution is -0.149. The lowest BCUT2D eigenvalue weighted by Gasteiger charge is -2.32. The fraction of sp³-hybridized carbons (Fsp3) is 0.432. The second-order valence-corrected chi connectivity index (χ2v) is 14.2. The van der Waals surface area contributed by atoms with E-state index in [9.17, 15) is 33.6 Å². The molecule has 0 unspecified atom stereocenters. The van der Waals surface area contributed by atoms with Crippen LogP contribution in [0.25, 0.3) is 0 Å². The number of hydrogen-bond acceptors (Lipinski definition) is 10. The van der Waals surface area contributed by atoms with Crippen molar-refractivity contribution < 1.29 is 47.8 Å². The summed E-state index contributed by atoms with van der Waals surface area (Å²) in [6, 6.07) is 27.1. The Kier molecular flexibility index (Phi) is 21.6. The van der Waals surface area contributed by atoms with Crippen molar-refractivity contribution >= 4 is 41.4 Å². The Balaban J connectivity index is 1.89. The zero-order valence-electron chi connectivity index (χ0n) is 35.6. The summed E-state index contributed by atoms with van der Waals surface area (Å²) < 4.78 is 15.6. The van der Waals surface area contributed by atoms with Gasteiger partial charge in [-0.2, -0.15) is 0 Å². The molecule has 0 fully saturated rings. The maximum Gasteiger partial charge on any atom is 0.242 e. The van der Waals surface area contributed by atoms with Gasteiger partial charge in [-0.25, -0.2) is 0 Å². The molecule has 0 aromatic heterocycles. The number of methoxy groups -OCH3 is 3. The van der Waals surface area contributed by atoms with Gasteiger partial charge in [-0.05, 0) is 16.7 Å². The van der Waals surface area contributed by atoms with Gasteiger partial charge in [0.15, 0.2) is 0 Å². The van der Waals surface area contributed by atoms with Gasteiger partial charge in [0.25, 0.3) is 0 Å². The molecule has 3 aromatic carbocycles. The number of nitrogens with zero attached hydrogens (tertiary/aromatic N) is 6. The first-order chi connectivity index (χ1) is 29.3. The van der Waals surface area contributed by atoms with Crippen molar-refractivity contribution in [1.29, 1.82) is 0 Å². The highest BCUT2D eigenvalue weighted by molar-refractivity contribution is 5.92. The average Bonchev–Trinajstić information content (AvgIpc) is 3.25. The van der Waals surface area contributed by atoms with E-state index in [0.717, 1.165) is 11.1 Å². The third kappa shape index (κ3) is 17.9. The highest BCUT2D eigenvalue weighted by atomic mass is 16.5. The third-order valence-corrected chi connectivity index (χ3v) is 9.53. The molecule has 0 aliphatic heterocycles. The zero-order valence-corrected chi connectivity index (χ0v) is 35.6. The number of amides is 7. The van der Waals surface area contributed by atoms with Gasteiger partial charge in [0.05, 0.1) is 46.0 Å². The molecule has 0 saturated heterocycles. The second-order valence-electron chi connectivity index (χ2n) is 14.2. The number of benzene rings is 3. The number of nitrogens with two attached hydrogens (primary N) is 1. The molecule has 0 aliphatic rings. The van der Waals surface area contributed by atoms with E-state index in [1.54, 1.807) is 60.7 Å². The molecule has 17 heteroatoms. The summed E-state index contributed by atoms with van der Waals surface area (Å²) >= 11 is 0. The van der Waals surface area contributed by atoms with Gasteiger partial charge in [0.2, 0.25) is 41.4 Å². The lowest BCUT2D eigenvalue weighted by Crippen LogP contribution is -2.52. The van der Waals surface area contributed by atoms with Gasteiger partial charge in [-0.1, -0.05) is 91.0 Å². The fourth-order valence-electron chi connectivity index (χ4n) is 6.15. The lowest BCUT2D eigenvalue weighted by atomic mass is 10.2. The van der Waals surface area contributed by atoms with Crippen molar-refractivity contribution in [1.82, 2.24) is 29.4 Å². The molecule has 0 spiro atoms. The van der Waals surface area contributed by atoms with Crippen molar-refractivity contribution in [3.8, 4) is 0 Å². The van der Waals surface area contributed by atoms with E-state index in [0.29, 0.717) is 5.56 Å². The SMILES string of the molecule is COCCN(CC(=O)N(CC(=O)N(CCOC)CC(=O)N(CC(=O)N(CCOC)CC(=O)N(CC(N)=O)Cc1ccccc1)Cc1ccccc1)Cc1ccccc1)C(C)=O. The van der Waals surface area contributed by atoms with Crippen molar-refractivity contribution in [2.75, 3.05) is 100 Å². The van der Waals surface area contributed by atoms with E-state index in [-0.39, 0.29) is 78.1 Å². The van der Waals surface area contributed by atoms with Crippen LogP contribution < -0.4 is 5.73 Å². The topological polar surface area (TPSA) is 193 Å². The molecule has 7 amide bonds. The molecule has 0 aliphatic carbocycles. The highest BCUT2D eigenvalue weighted by Gasteiger charge is 2.29. The van der Waals surface area contributed by atoms with Gasteiger partial charge >= 0.3 is 0 Å². The fourth-order valence-corrected chi connectivity index (χ4v) is 6.15. The van der Waals surface area contributed by atoms with Crippen molar-refractivity contribution in [3.05, 3.63) is 108 Å². The summed E-state index contributed by atoms with van der Waals surface area (Å²) in [7, 11) is 4.39. The van der Waals surface area contributed by atoms with Crippen molar-refractivity contribution in [2.45, 2.75) is 26.6 Å². The van der Waals surface area contributed by atoms with Crippen LogP contribution in [-0.2, 0) is 67.4 Å². The minimum atomic E-state index is -0.723. The number of ether oxygens (including phenoxy) is 3. The van der Waals surface area contributed by atoms with E-state index in [4.69, 9.17) is 19.9 Å². The molecule has 330 valence electrons. The Hall–Kier alpha value is -6.17. The smallest absolute Gasteiger partial charge is 0.242 e. The first-order valence-corrected chi connectivity index (χ1v) is 19.9. The Morgan fingerprint density at radius 2 is 0.672 bits per heavy atom. The van der Waals surface area contributed by atoms with Crippen LogP contribution in [0.1, 0.15) is 23.6 Å². The standard InChI is InChI=1S/C44H59N7O10/c1-35(52)46(20-23-59-2)30-42(56)50(27-37-16-10-6-11-17-37)33-40(54)48(22-25-61-4)32-44(58)51(28-38-18-12-7-13-19-38)34-41(55)47(21-24-60-3)31-43(57)49(29-39(45)53)26-36-14-8-5-9-15-36/h5-19H,20-34H2,1-4H3,(H2,45,53). The number of hydrogen-bond donors (Lipinski definition) is 1. The molecule has 2 N–H and O–H groups in total. The van der Waals surface area contributed by atoms with Crippen LogP contribution in [-0.4, -0.2) is 171 Å². The predicted octanol–water partition coefficient (Wildman–Crippen LogP) is 1.00. The minimum Gasteiger partial charge on any atom is -0.383 e. The summed E-state index contributed by atoms with van der Waals surface area (Å²) in [6.07, 6.45) is 0. The molecule has 0 saturated carbocycles. The summed E-state index contributed by atoms with van der Waals surface area (Å²) in [5.41, 5.74) is 7.70. The van der Waals surface area contributed by atoms with Crippen LogP contribution in [0.15, 0.2) is 91.0 Å². The molecule has 0 bridgehead atoms. The molecule has 0 heterocycles.